The number of anilines is 1. The Morgan fingerprint density at radius 3 is 2.46 bits per heavy atom. The van der Waals surface area contributed by atoms with Gasteiger partial charge < -0.3 is 15.2 Å². The quantitative estimate of drug-likeness (QED) is 0.815. The van der Waals surface area contributed by atoms with Crippen molar-refractivity contribution in [3.8, 4) is 16.9 Å². The molecule has 0 heterocycles. The molecule has 3 rings (SSSR count). The lowest BCUT2D eigenvalue weighted by atomic mass is 10.0. The van der Waals surface area contributed by atoms with E-state index in [1.807, 2.05) is 55.5 Å². The Kier molecular flexibility index (Phi) is 5.37. The highest BCUT2D eigenvalue weighted by Gasteiger charge is 2.25. The van der Waals surface area contributed by atoms with Crippen molar-refractivity contribution >= 4 is 17.6 Å². The fourth-order valence-electron chi connectivity index (χ4n) is 3.11. The van der Waals surface area contributed by atoms with Crippen LogP contribution in [0.5, 0.6) is 5.75 Å². The maximum atomic E-state index is 12.4. The Morgan fingerprint density at radius 2 is 1.77 bits per heavy atom. The molecule has 1 amide bonds. The van der Waals surface area contributed by atoms with Crippen molar-refractivity contribution in [2.24, 2.45) is 0 Å². The number of hydrogen-bond acceptors (Lipinski definition) is 3. The number of carbonyl (C=O) groups is 2. The van der Waals surface area contributed by atoms with Crippen LogP contribution in [0.3, 0.4) is 0 Å². The van der Waals surface area contributed by atoms with E-state index in [1.165, 1.54) is 0 Å². The van der Waals surface area contributed by atoms with Gasteiger partial charge in [-0.05, 0) is 61.6 Å². The van der Waals surface area contributed by atoms with E-state index in [1.54, 1.807) is 0 Å². The summed E-state index contributed by atoms with van der Waals surface area (Å²) in [5.41, 5.74) is 3.29. The number of carboxylic acid groups (broad SMARTS) is 1. The first-order valence-corrected chi connectivity index (χ1v) is 8.68. The molecule has 0 fully saturated rings. The molecule has 134 valence electrons. The van der Waals surface area contributed by atoms with Crippen LogP contribution in [0.15, 0.2) is 59.7 Å². The molecule has 0 aromatic heterocycles. The largest absolute Gasteiger partial charge is 0.494 e. The molecule has 2 N–H and O–H groups in total. The lowest BCUT2D eigenvalue weighted by Crippen LogP contribution is -2.16. The van der Waals surface area contributed by atoms with E-state index in [0.29, 0.717) is 37.1 Å². The minimum absolute atomic E-state index is 0.229. The van der Waals surface area contributed by atoms with Gasteiger partial charge in [0.1, 0.15) is 5.75 Å². The van der Waals surface area contributed by atoms with E-state index in [4.69, 9.17) is 4.74 Å². The predicted octanol–water partition coefficient (Wildman–Crippen LogP) is 4.26. The summed E-state index contributed by atoms with van der Waals surface area (Å²) in [5, 5.41) is 12.0. The smallest absolute Gasteiger partial charge is 0.332 e. The monoisotopic (exact) mass is 351 g/mol. The van der Waals surface area contributed by atoms with Crippen molar-refractivity contribution in [1.82, 2.24) is 0 Å². The summed E-state index contributed by atoms with van der Waals surface area (Å²) in [6.07, 6.45) is 1.67. The predicted molar refractivity (Wildman–Crippen MR) is 100 cm³/mol. The van der Waals surface area contributed by atoms with Crippen LogP contribution >= 0.6 is 0 Å². The summed E-state index contributed by atoms with van der Waals surface area (Å²) >= 11 is 0. The van der Waals surface area contributed by atoms with Gasteiger partial charge in [-0.15, -0.1) is 0 Å². The van der Waals surface area contributed by atoms with Crippen LogP contribution in [-0.2, 0) is 9.59 Å². The van der Waals surface area contributed by atoms with Crippen molar-refractivity contribution in [2.75, 3.05) is 11.9 Å². The summed E-state index contributed by atoms with van der Waals surface area (Å²) < 4.78 is 5.52. The molecule has 0 bridgehead atoms. The van der Waals surface area contributed by atoms with Crippen molar-refractivity contribution in [3.05, 3.63) is 59.7 Å². The van der Waals surface area contributed by atoms with Gasteiger partial charge in [0, 0.05) is 16.8 Å². The zero-order chi connectivity index (χ0) is 18.5. The average Bonchev–Trinajstić information content (AvgIpc) is 3.13. The summed E-state index contributed by atoms with van der Waals surface area (Å²) in [6.45, 7) is 2.56. The van der Waals surface area contributed by atoms with Crippen molar-refractivity contribution in [1.29, 1.82) is 0 Å². The molecule has 0 radical (unpaired) electrons. The number of nitrogens with one attached hydrogen (secondary N) is 1. The lowest BCUT2D eigenvalue weighted by Gasteiger charge is -2.09. The van der Waals surface area contributed by atoms with Crippen LogP contribution in [-0.4, -0.2) is 23.6 Å². The normalized spacial score (nSPS) is 13.6. The van der Waals surface area contributed by atoms with Crippen molar-refractivity contribution in [3.63, 3.8) is 0 Å². The topological polar surface area (TPSA) is 75.6 Å². The van der Waals surface area contributed by atoms with E-state index in [-0.39, 0.29) is 11.5 Å². The number of ether oxygens (including phenoxy) is 1. The van der Waals surface area contributed by atoms with E-state index in [0.717, 1.165) is 16.9 Å². The number of hydrogen-bond donors (Lipinski definition) is 2. The van der Waals surface area contributed by atoms with E-state index >= 15 is 0 Å². The molecule has 2 aromatic carbocycles. The summed E-state index contributed by atoms with van der Waals surface area (Å²) in [6, 6.07) is 15.3. The molecule has 0 saturated carbocycles. The van der Waals surface area contributed by atoms with Crippen LogP contribution in [0.2, 0.25) is 0 Å². The molecule has 1 aliphatic carbocycles. The number of carbonyl (C=O) groups excluding carboxylic acids is 1. The van der Waals surface area contributed by atoms with Crippen LogP contribution in [0, 0.1) is 0 Å². The molecule has 0 aliphatic heterocycles. The molecular weight excluding hydrogens is 330 g/mol. The first-order valence-electron chi connectivity index (χ1n) is 8.68. The minimum Gasteiger partial charge on any atom is -0.494 e. The number of benzene rings is 2. The Labute approximate surface area is 152 Å². The second-order valence-corrected chi connectivity index (χ2v) is 6.11. The lowest BCUT2D eigenvalue weighted by molar-refractivity contribution is -0.133. The molecular formula is C21H21NO4. The highest BCUT2D eigenvalue weighted by atomic mass is 16.5. The molecule has 0 atom stereocenters. The molecule has 0 saturated heterocycles. The van der Waals surface area contributed by atoms with Gasteiger partial charge in [0.05, 0.1) is 6.61 Å². The van der Waals surface area contributed by atoms with Crippen LogP contribution in [0.1, 0.15) is 26.2 Å². The maximum absolute atomic E-state index is 12.4. The number of aliphatic carboxylic acids is 1. The Morgan fingerprint density at radius 1 is 1.04 bits per heavy atom. The number of carboxylic acids is 1. The first-order chi connectivity index (χ1) is 12.6. The van der Waals surface area contributed by atoms with Gasteiger partial charge in [-0.2, -0.15) is 0 Å². The highest BCUT2D eigenvalue weighted by molar-refractivity contribution is 6.09. The second kappa shape index (κ2) is 7.87. The number of amides is 1. The van der Waals surface area contributed by atoms with Crippen LogP contribution < -0.4 is 10.1 Å². The van der Waals surface area contributed by atoms with Crippen molar-refractivity contribution < 1.29 is 19.4 Å². The van der Waals surface area contributed by atoms with Crippen LogP contribution in [0.4, 0.5) is 5.69 Å². The molecule has 5 nitrogen and oxygen atoms in total. The first kappa shape index (κ1) is 17.7. The molecule has 2 aromatic rings. The zero-order valence-corrected chi connectivity index (χ0v) is 14.6. The summed E-state index contributed by atoms with van der Waals surface area (Å²) in [4.78, 5) is 23.5. The van der Waals surface area contributed by atoms with Gasteiger partial charge >= 0.3 is 5.97 Å². The third-order valence-corrected chi connectivity index (χ3v) is 4.37. The molecule has 1 aliphatic rings. The van der Waals surface area contributed by atoms with Crippen molar-refractivity contribution in [2.45, 2.75) is 26.2 Å². The van der Waals surface area contributed by atoms with Gasteiger partial charge in [-0.25, -0.2) is 4.79 Å². The Balaban J connectivity index is 1.74. The third-order valence-electron chi connectivity index (χ3n) is 4.37. The Bertz CT molecular complexity index is 853. The van der Waals surface area contributed by atoms with Gasteiger partial charge in [0.15, 0.2) is 0 Å². The zero-order valence-electron chi connectivity index (χ0n) is 14.6. The summed E-state index contributed by atoms with van der Waals surface area (Å²) in [5.74, 6) is -0.514. The SMILES string of the molecule is CCOc1cccc(-c2ccc(NC(=O)C3=C(C(=O)O)CCC3)cc2)c1. The molecule has 0 unspecified atom stereocenters. The average molecular weight is 351 g/mol. The van der Waals surface area contributed by atoms with Gasteiger partial charge in [-0.1, -0.05) is 24.3 Å². The van der Waals surface area contributed by atoms with Gasteiger partial charge in [0.25, 0.3) is 5.91 Å². The summed E-state index contributed by atoms with van der Waals surface area (Å²) in [7, 11) is 0. The fourth-order valence-corrected chi connectivity index (χ4v) is 3.11. The van der Waals surface area contributed by atoms with E-state index < -0.39 is 5.97 Å². The second-order valence-electron chi connectivity index (χ2n) is 6.11. The van der Waals surface area contributed by atoms with Crippen LogP contribution in [0.25, 0.3) is 11.1 Å². The van der Waals surface area contributed by atoms with E-state index in [9.17, 15) is 14.7 Å². The standard InChI is InChI=1S/C21H21NO4/c1-2-26-17-6-3-5-15(13-17)14-9-11-16(12-10-14)22-20(23)18-7-4-8-19(18)21(24)25/h3,5-6,9-13H,2,4,7-8H2,1H3,(H,22,23)(H,24,25). The van der Waals surface area contributed by atoms with E-state index in [2.05, 4.69) is 5.32 Å². The highest BCUT2D eigenvalue weighted by Crippen LogP contribution is 2.28. The maximum Gasteiger partial charge on any atom is 0.332 e. The van der Waals surface area contributed by atoms with Gasteiger partial charge in [0.2, 0.25) is 0 Å². The number of rotatable bonds is 6. The molecule has 5 heteroatoms. The Hall–Kier alpha value is -3.08. The van der Waals surface area contributed by atoms with Gasteiger partial charge in [-0.3, -0.25) is 4.79 Å². The molecule has 26 heavy (non-hydrogen) atoms. The minimum atomic E-state index is -1.00. The fraction of sp³-hybridized carbons (Fsp3) is 0.238. The molecule has 0 spiro atoms. The third kappa shape index (κ3) is 3.94.